The lowest BCUT2D eigenvalue weighted by Crippen LogP contribution is -2.39. The monoisotopic (exact) mass is 258 g/mol. The van der Waals surface area contributed by atoms with Gasteiger partial charge in [-0.2, -0.15) is 5.26 Å². The normalized spacial score (nSPS) is 19.1. The van der Waals surface area contributed by atoms with Gasteiger partial charge in [-0.25, -0.2) is 0 Å². The molecule has 1 fully saturated rings. The van der Waals surface area contributed by atoms with Crippen LogP contribution in [-0.2, 0) is 11.3 Å². The predicted molar refractivity (Wildman–Crippen MR) is 71.5 cm³/mol. The van der Waals surface area contributed by atoms with E-state index < -0.39 is 0 Å². The Kier molecular flexibility index (Phi) is 4.06. The molecule has 1 unspecified atom stereocenters. The van der Waals surface area contributed by atoms with Crippen molar-refractivity contribution >= 4 is 5.91 Å². The maximum atomic E-state index is 12.1. The fourth-order valence-electron chi connectivity index (χ4n) is 2.47. The molecule has 1 atom stereocenters. The highest BCUT2D eigenvalue weighted by atomic mass is 16.5. The minimum atomic E-state index is 0.0962. The van der Waals surface area contributed by atoms with Gasteiger partial charge in [-0.05, 0) is 31.0 Å². The number of nitrogens with zero attached hydrogens (tertiary/aromatic N) is 2. The van der Waals surface area contributed by atoms with Gasteiger partial charge in [0.1, 0.15) is 5.75 Å². The summed E-state index contributed by atoms with van der Waals surface area (Å²) in [5, 5.41) is 8.95. The highest BCUT2D eigenvalue weighted by Crippen LogP contribution is 2.25. The predicted octanol–water partition coefficient (Wildman–Crippen LogP) is 2.33. The van der Waals surface area contributed by atoms with Gasteiger partial charge in [-0.15, -0.1) is 0 Å². The highest BCUT2D eigenvalue weighted by Gasteiger charge is 2.25. The average Bonchev–Trinajstić information content (AvgIpc) is 2.43. The minimum Gasteiger partial charge on any atom is -0.496 e. The van der Waals surface area contributed by atoms with E-state index in [1.54, 1.807) is 25.3 Å². The average molecular weight is 258 g/mol. The van der Waals surface area contributed by atoms with Crippen molar-refractivity contribution in [2.75, 3.05) is 13.7 Å². The number of carbonyl (C=O) groups is 1. The molecule has 2 rings (SSSR count). The van der Waals surface area contributed by atoms with E-state index in [1.807, 2.05) is 11.8 Å². The number of nitriles is 1. The number of rotatable bonds is 3. The molecule has 0 radical (unpaired) electrons. The third-order valence-corrected chi connectivity index (χ3v) is 3.57. The molecule has 1 aliphatic rings. The van der Waals surface area contributed by atoms with Crippen LogP contribution in [0.4, 0.5) is 0 Å². The largest absolute Gasteiger partial charge is 0.496 e. The molecule has 19 heavy (non-hydrogen) atoms. The van der Waals surface area contributed by atoms with E-state index in [9.17, 15) is 4.79 Å². The third-order valence-electron chi connectivity index (χ3n) is 3.57. The van der Waals surface area contributed by atoms with Gasteiger partial charge in [0.25, 0.3) is 0 Å². The van der Waals surface area contributed by atoms with Gasteiger partial charge in [0, 0.05) is 24.6 Å². The molecular weight excluding hydrogens is 240 g/mol. The minimum absolute atomic E-state index is 0.0962. The molecule has 100 valence electrons. The number of hydrogen-bond acceptors (Lipinski definition) is 3. The molecular formula is C15H18N2O2. The Hall–Kier alpha value is -2.02. The molecule has 4 nitrogen and oxygen atoms in total. The molecule has 1 amide bonds. The summed E-state index contributed by atoms with van der Waals surface area (Å²) in [6, 6.07) is 7.42. The number of ether oxygens (including phenoxy) is 1. The van der Waals surface area contributed by atoms with Gasteiger partial charge in [-0.1, -0.05) is 6.92 Å². The number of hydrogen-bond donors (Lipinski definition) is 0. The van der Waals surface area contributed by atoms with Crippen LogP contribution >= 0.6 is 0 Å². The Labute approximate surface area is 113 Å². The molecule has 1 aromatic carbocycles. The van der Waals surface area contributed by atoms with E-state index in [0.29, 0.717) is 12.1 Å². The lowest BCUT2D eigenvalue weighted by molar-refractivity contribution is -0.138. The van der Waals surface area contributed by atoms with Crippen molar-refractivity contribution in [2.45, 2.75) is 26.3 Å². The first-order valence-electron chi connectivity index (χ1n) is 6.51. The third kappa shape index (κ3) is 2.87. The lowest BCUT2D eigenvalue weighted by Gasteiger charge is -2.31. The maximum Gasteiger partial charge on any atom is 0.225 e. The first-order valence-corrected chi connectivity index (χ1v) is 6.51. The van der Waals surface area contributed by atoms with Crippen molar-refractivity contribution in [2.24, 2.45) is 5.92 Å². The van der Waals surface area contributed by atoms with Crippen LogP contribution in [0.2, 0.25) is 0 Å². The molecule has 1 aliphatic heterocycles. The van der Waals surface area contributed by atoms with Gasteiger partial charge >= 0.3 is 0 Å². The van der Waals surface area contributed by atoms with Crippen molar-refractivity contribution in [3.8, 4) is 11.8 Å². The van der Waals surface area contributed by atoms with Crippen molar-refractivity contribution in [1.82, 2.24) is 4.90 Å². The van der Waals surface area contributed by atoms with Crippen LogP contribution in [0.25, 0.3) is 0 Å². The van der Waals surface area contributed by atoms with Crippen molar-refractivity contribution < 1.29 is 9.53 Å². The lowest BCUT2D eigenvalue weighted by atomic mass is 9.98. The van der Waals surface area contributed by atoms with Crippen molar-refractivity contribution in [1.29, 1.82) is 5.26 Å². The van der Waals surface area contributed by atoms with Gasteiger partial charge < -0.3 is 9.64 Å². The van der Waals surface area contributed by atoms with E-state index >= 15 is 0 Å². The summed E-state index contributed by atoms with van der Waals surface area (Å²) in [5.74, 6) is 1.01. The quantitative estimate of drug-likeness (QED) is 0.836. The summed E-state index contributed by atoms with van der Waals surface area (Å²) in [5.41, 5.74) is 1.48. The number of methoxy groups -OCH3 is 1. The molecule has 0 N–H and O–H groups in total. The first-order chi connectivity index (χ1) is 9.15. The zero-order valence-electron chi connectivity index (χ0n) is 11.3. The standard InChI is InChI=1S/C15H18N2O2/c1-11-4-3-7-17(15(11)18)10-13-8-12(9-16)5-6-14(13)19-2/h5-6,8,11H,3-4,7,10H2,1-2H3. The molecule has 0 aromatic heterocycles. The van der Waals surface area contributed by atoms with Gasteiger partial charge in [0.2, 0.25) is 5.91 Å². The zero-order valence-corrected chi connectivity index (χ0v) is 11.3. The Bertz CT molecular complexity index is 519. The summed E-state index contributed by atoms with van der Waals surface area (Å²) in [4.78, 5) is 14.0. The fraction of sp³-hybridized carbons (Fsp3) is 0.467. The van der Waals surface area contributed by atoms with Crippen LogP contribution in [-0.4, -0.2) is 24.5 Å². The summed E-state index contributed by atoms with van der Waals surface area (Å²) in [6.45, 7) is 3.27. The van der Waals surface area contributed by atoms with Gasteiger partial charge in [0.05, 0.1) is 18.7 Å². The molecule has 1 heterocycles. The Morgan fingerprint density at radius 3 is 3.00 bits per heavy atom. The second-order valence-electron chi connectivity index (χ2n) is 4.94. The molecule has 0 aliphatic carbocycles. The van der Waals surface area contributed by atoms with Crippen LogP contribution in [0.5, 0.6) is 5.75 Å². The first kappa shape index (κ1) is 13.4. The topological polar surface area (TPSA) is 53.3 Å². The van der Waals surface area contributed by atoms with Gasteiger partial charge in [0.15, 0.2) is 0 Å². The Balaban J connectivity index is 2.22. The summed E-state index contributed by atoms with van der Waals surface area (Å²) < 4.78 is 5.30. The SMILES string of the molecule is COc1ccc(C#N)cc1CN1CCCC(C)C1=O. The summed E-state index contributed by atoms with van der Waals surface area (Å²) >= 11 is 0. The fourth-order valence-corrected chi connectivity index (χ4v) is 2.47. The summed E-state index contributed by atoms with van der Waals surface area (Å²) in [7, 11) is 1.60. The van der Waals surface area contributed by atoms with Crippen molar-refractivity contribution in [3.05, 3.63) is 29.3 Å². The molecule has 0 saturated carbocycles. The number of carbonyl (C=O) groups excluding carboxylic acids is 1. The molecule has 1 aromatic rings. The van der Waals surface area contributed by atoms with E-state index in [4.69, 9.17) is 10.00 Å². The number of amides is 1. The molecule has 0 spiro atoms. The van der Waals surface area contributed by atoms with Gasteiger partial charge in [-0.3, -0.25) is 4.79 Å². The smallest absolute Gasteiger partial charge is 0.225 e. The van der Waals surface area contributed by atoms with E-state index in [2.05, 4.69) is 6.07 Å². The Morgan fingerprint density at radius 2 is 2.32 bits per heavy atom. The number of likely N-dealkylation sites (tertiary alicyclic amines) is 1. The van der Waals surface area contributed by atoms with Crippen LogP contribution in [0, 0.1) is 17.2 Å². The summed E-state index contributed by atoms with van der Waals surface area (Å²) in [6.07, 6.45) is 2.00. The Morgan fingerprint density at radius 1 is 1.53 bits per heavy atom. The van der Waals surface area contributed by atoms with E-state index in [0.717, 1.165) is 30.7 Å². The molecule has 0 bridgehead atoms. The molecule has 1 saturated heterocycles. The van der Waals surface area contributed by atoms with Crippen LogP contribution in [0.1, 0.15) is 30.9 Å². The second-order valence-corrected chi connectivity index (χ2v) is 4.94. The van der Waals surface area contributed by atoms with Crippen LogP contribution in [0.3, 0.4) is 0 Å². The second kappa shape index (κ2) is 5.75. The zero-order chi connectivity index (χ0) is 13.8. The maximum absolute atomic E-state index is 12.1. The van der Waals surface area contributed by atoms with E-state index in [1.165, 1.54) is 0 Å². The van der Waals surface area contributed by atoms with Crippen LogP contribution < -0.4 is 4.74 Å². The highest BCUT2D eigenvalue weighted by molar-refractivity contribution is 5.79. The number of piperidine rings is 1. The van der Waals surface area contributed by atoms with Crippen LogP contribution in [0.15, 0.2) is 18.2 Å². The number of benzene rings is 1. The molecule has 4 heteroatoms. The van der Waals surface area contributed by atoms with E-state index in [-0.39, 0.29) is 11.8 Å². The van der Waals surface area contributed by atoms with Crippen molar-refractivity contribution in [3.63, 3.8) is 0 Å².